The molecule has 2 aromatic rings. The highest BCUT2D eigenvalue weighted by molar-refractivity contribution is 7.12. The van der Waals surface area contributed by atoms with Gasteiger partial charge in [-0.1, -0.05) is 36.4 Å². The van der Waals surface area contributed by atoms with Gasteiger partial charge in [-0.05, 0) is 23.9 Å². The number of hydrogen-bond donors (Lipinski definition) is 1. The van der Waals surface area contributed by atoms with Crippen LogP contribution in [-0.4, -0.2) is 41.7 Å². The van der Waals surface area contributed by atoms with Crippen LogP contribution in [0.1, 0.15) is 34.6 Å². The summed E-state index contributed by atoms with van der Waals surface area (Å²) in [6, 6.07) is 12.7. The highest BCUT2D eigenvalue weighted by Crippen LogP contribution is 2.28. The summed E-state index contributed by atoms with van der Waals surface area (Å²) in [5, 5.41) is 3.88. The molecule has 0 saturated carbocycles. The van der Waals surface area contributed by atoms with Crippen molar-refractivity contribution in [2.24, 2.45) is 5.92 Å². The maximum Gasteiger partial charge on any atom is 0.311 e. The van der Waals surface area contributed by atoms with Crippen molar-refractivity contribution in [3.8, 4) is 0 Å². The number of benzene rings is 1. The Morgan fingerprint density at radius 3 is 2.64 bits per heavy atom. The van der Waals surface area contributed by atoms with E-state index in [-0.39, 0.29) is 24.9 Å². The van der Waals surface area contributed by atoms with Gasteiger partial charge in [-0.3, -0.25) is 24.5 Å². The number of carbonyl (C=O) groups excluding carboxylic acids is 4. The highest BCUT2D eigenvalue weighted by Gasteiger charge is 2.38. The first-order valence-corrected chi connectivity index (χ1v) is 9.72. The second-order valence-electron chi connectivity index (χ2n) is 6.50. The average Bonchev–Trinajstić information content (AvgIpc) is 3.36. The van der Waals surface area contributed by atoms with Crippen LogP contribution in [-0.2, 0) is 19.1 Å². The molecule has 0 bridgehead atoms. The smallest absolute Gasteiger partial charge is 0.311 e. The molecule has 146 valence electrons. The molecule has 2 atom stereocenters. The first-order valence-electron chi connectivity index (χ1n) is 8.84. The zero-order valence-electron chi connectivity index (χ0n) is 15.3. The fraction of sp³-hybridized carbons (Fsp3) is 0.300. The van der Waals surface area contributed by atoms with Gasteiger partial charge in [0, 0.05) is 13.0 Å². The van der Waals surface area contributed by atoms with Crippen LogP contribution in [0.3, 0.4) is 0 Å². The molecular formula is C20H20N2O5S. The van der Waals surface area contributed by atoms with Gasteiger partial charge < -0.3 is 9.64 Å². The number of nitrogens with zero attached hydrogens (tertiary/aromatic N) is 1. The molecule has 0 aliphatic carbocycles. The minimum atomic E-state index is -0.703. The van der Waals surface area contributed by atoms with E-state index in [9.17, 15) is 19.2 Å². The molecular weight excluding hydrogens is 380 g/mol. The van der Waals surface area contributed by atoms with Gasteiger partial charge in [0.15, 0.2) is 6.61 Å². The summed E-state index contributed by atoms with van der Waals surface area (Å²) < 4.78 is 5.01. The molecule has 1 N–H and O–H groups in total. The Morgan fingerprint density at radius 1 is 1.21 bits per heavy atom. The fourth-order valence-corrected chi connectivity index (χ4v) is 3.68. The predicted octanol–water partition coefficient (Wildman–Crippen LogP) is 2.16. The molecule has 0 unspecified atom stereocenters. The van der Waals surface area contributed by atoms with Gasteiger partial charge in [0.1, 0.15) is 0 Å². The van der Waals surface area contributed by atoms with Crippen LogP contribution < -0.4 is 5.32 Å². The maximum atomic E-state index is 12.3. The molecule has 1 saturated heterocycles. The van der Waals surface area contributed by atoms with Gasteiger partial charge in [0.05, 0.1) is 16.8 Å². The lowest BCUT2D eigenvalue weighted by molar-refractivity contribution is -0.152. The molecule has 1 aromatic heterocycles. The third-order valence-corrected chi connectivity index (χ3v) is 5.45. The first-order chi connectivity index (χ1) is 13.5. The number of nitrogens with one attached hydrogen (secondary N) is 1. The van der Waals surface area contributed by atoms with Crippen LogP contribution in [0.2, 0.25) is 0 Å². The van der Waals surface area contributed by atoms with Crippen LogP contribution in [0.25, 0.3) is 0 Å². The lowest BCUT2D eigenvalue weighted by Crippen LogP contribution is -2.35. The molecule has 7 nitrogen and oxygen atoms in total. The number of esters is 1. The number of amides is 3. The van der Waals surface area contributed by atoms with E-state index in [2.05, 4.69) is 5.32 Å². The van der Waals surface area contributed by atoms with E-state index in [1.54, 1.807) is 22.4 Å². The van der Waals surface area contributed by atoms with Crippen molar-refractivity contribution in [1.29, 1.82) is 0 Å². The Balaban J connectivity index is 1.49. The lowest BCUT2D eigenvalue weighted by Gasteiger charge is -2.25. The van der Waals surface area contributed by atoms with Crippen molar-refractivity contribution in [2.75, 3.05) is 13.2 Å². The van der Waals surface area contributed by atoms with Gasteiger partial charge in [0.2, 0.25) is 5.91 Å². The number of likely N-dealkylation sites (tertiary alicyclic amines) is 1. The Kier molecular flexibility index (Phi) is 6.20. The number of ether oxygens (including phenoxy) is 1. The van der Waals surface area contributed by atoms with Crippen LogP contribution in [0.4, 0.5) is 0 Å². The van der Waals surface area contributed by atoms with Crippen molar-refractivity contribution in [2.45, 2.75) is 19.4 Å². The molecule has 1 fully saturated rings. The van der Waals surface area contributed by atoms with Crippen LogP contribution in [0.15, 0.2) is 47.8 Å². The van der Waals surface area contributed by atoms with Crippen molar-refractivity contribution in [3.05, 3.63) is 58.3 Å². The topological polar surface area (TPSA) is 92.8 Å². The Morgan fingerprint density at radius 2 is 1.96 bits per heavy atom. The summed E-state index contributed by atoms with van der Waals surface area (Å²) in [5.41, 5.74) is 0.983. The Bertz CT molecular complexity index is 866. The molecule has 2 heterocycles. The van der Waals surface area contributed by atoms with E-state index in [1.807, 2.05) is 37.3 Å². The average molecular weight is 400 g/mol. The van der Waals surface area contributed by atoms with Crippen molar-refractivity contribution in [1.82, 2.24) is 10.2 Å². The van der Waals surface area contributed by atoms with E-state index < -0.39 is 30.3 Å². The third kappa shape index (κ3) is 4.64. The van der Waals surface area contributed by atoms with Gasteiger partial charge in [-0.2, -0.15) is 0 Å². The van der Waals surface area contributed by atoms with Crippen molar-refractivity contribution < 1.29 is 23.9 Å². The zero-order valence-corrected chi connectivity index (χ0v) is 16.1. The summed E-state index contributed by atoms with van der Waals surface area (Å²) in [5.74, 6) is -2.61. The number of thiophene rings is 1. The van der Waals surface area contributed by atoms with Crippen LogP contribution in [0, 0.1) is 5.92 Å². The molecule has 0 radical (unpaired) electrons. The molecule has 1 aliphatic rings. The highest BCUT2D eigenvalue weighted by atomic mass is 32.1. The lowest BCUT2D eigenvalue weighted by atomic mass is 10.1. The maximum absolute atomic E-state index is 12.3. The van der Waals surface area contributed by atoms with E-state index in [1.165, 1.54) is 11.3 Å². The third-order valence-electron chi connectivity index (χ3n) is 4.58. The second kappa shape index (κ2) is 8.79. The van der Waals surface area contributed by atoms with E-state index in [0.29, 0.717) is 4.88 Å². The molecule has 1 aromatic carbocycles. The molecule has 3 rings (SSSR count). The number of imide groups is 1. The molecule has 3 amide bonds. The Labute approximate surface area is 166 Å². The molecule has 1 aliphatic heterocycles. The second-order valence-corrected chi connectivity index (χ2v) is 7.44. The Hall–Kier alpha value is -3.00. The first kappa shape index (κ1) is 19.8. The van der Waals surface area contributed by atoms with Gasteiger partial charge in [0.25, 0.3) is 11.8 Å². The van der Waals surface area contributed by atoms with Crippen LogP contribution in [0.5, 0.6) is 0 Å². The van der Waals surface area contributed by atoms with Gasteiger partial charge in [-0.15, -0.1) is 11.3 Å². The fourth-order valence-electron chi connectivity index (χ4n) is 3.06. The molecule has 0 spiro atoms. The summed E-state index contributed by atoms with van der Waals surface area (Å²) in [6.07, 6.45) is 0.0474. The van der Waals surface area contributed by atoms with E-state index >= 15 is 0 Å². The minimum absolute atomic E-state index is 0.0474. The summed E-state index contributed by atoms with van der Waals surface area (Å²) in [6.45, 7) is 1.59. The number of rotatable bonds is 6. The standard InChI is InChI=1S/C20H20N2O5S/c1-13(14-6-3-2-4-7-14)22-11-15(10-18(22)24)20(26)27-12-17(23)21-19(25)16-8-5-9-28-16/h2-9,13,15H,10-12H2,1H3,(H,21,23,25)/t13-,15+/m0/s1. The van der Waals surface area contributed by atoms with Crippen molar-refractivity contribution in [3.63, 3.8) is 0 Å². The van der Waals surface area contributed by atoms with Gasteiger partial charge in [-0.25, -0.2) is 0 Å². The summed E-state index contributed by atoms with van der Waals surface area (Å²) >= 11 is 1.20. The van der Waals surface area contributed by atoms with E-state index in [0.717, 1.165) is 5.56 Å². The van der Waals surface area contributed by atoms with Gasteiger partial charge >= 0.3 is 5.97 Å². The number of carbonyl (C=O) groups is 4. The quantitative estimate of drug-likeness (QED) is 0.750. The predicted molar refractivity (Wildman–Crippen MR) is 102 cm³/mol. The minimum Gasteiger partial charge on any atom is -0.455 e. The van der Waals surface area contributed by atoms with Crippen LogP contribution >= 0.6 is 11.3 Å². The van der Waals surface area contributed by atoms with Crippen molar-refractivity contribution >= 4 is 35.0 Å². The largest absolute Gasteiger partial charge is 0.455 e. The summed E-state index contributed by atoms with van der Waals surface area (Å²) in [4.78, 5) is 50.2. The number of hydrogen-bond acceptors (Lipinski definition) is 6. The van der Waals surface area contributed by atoms with E-state index in [4.69, 9.17) is 4.74 Å². The summed E-state index contributed by atoms with van der Waals surface area (Å²) in [7, 11) is 0. The zero-order chi connectivity index (χ0) is 20.1. The normalized spacial score (nSPS) is 17.2. The molecule has 28 heavy (non-hydrogen) atoms. The SMILES string of the molecule is C[C@@H](c1ccccc1)N1C[C@H](C(=O)OCC(=O)NC(=O)c2cccs2)CC1=O. The monoisotopic (exact) mass is 400 g/mol. The molecule has 8 heteroatoms.